The molecule has 0 atom stereocenters. The average molecular weight is 347 g/mol. The van der Waals surface area contributed by atoms with E-state index in [0.29, 0.717) is 0 Å². The highest BCUT2D eigenvalue weighted by Gasteiger charge is 2.16. The summed E-state index contributed by atoms with van der Waals surface area (Å²) in [7, 11) is 6.32. The Kier molecular flexibility index (Phi) is 4.29. The number of nitrogens with zero attached hydrogens (tertiary/aromatic N) is 3. The Bertz CT molecular complexity index is 1100. The van der Waals surface area contributed by atoms with Gasteiger partial charge in [-0.1, -0.05) is 12.1 Å². The number of rotatable bonds is 5. The Labute approximate surface area is 154 Å². The molecule has 134 valence electrons. The number of ether oxygens (including phenoxy) is 1. The van der Waals surface area contributed by atoms with Crippen LogP contribution < -0.4 is 4.74 Å². The van der Waals surface area contributed by atoms with Crippen LogP contribution in [0, 0.1) is 6.92 Å². The Balaban J connectivity index is 1.87. The third kappa shape index (κ3) is 2.71. The van der Waals surface area contributed by atoms with Gasteiger partial charge in [0.2, 0.25) is 0 Å². The van der Waals surface area contributed by atoms with Crippen LogP contribution in [0.25, 0.3) is 32.6 Å². The van der Waals surface area contributed by atoms with Gasteiger partial charge in [-0.15, -0.1) is 0 Å². The van der Waals surface area contributed by atoms with Crippen LogP contribution in [0.15, 0.2) is 42.7 Å². The minimum atomic E-state index is 0.726. The zero-order chi connectivity index (χ0) is 18.3. The molecule has 0 spiro atoms. The highest BCUT2D eigenvalue weighted by atomic mass is 16.5. The second kappa shape index (κ2) is 6.61. The molecule has 4 aromatic rings. The van der Waals surface area contributed by atoms with Crippen LogP contribution in [0.1, 0.15) is 12.0 Å². The number of para-hydroxylation sites is 1. The second-order valence-corrected chi connectivity index (χ2v) is 7.21. The van der Waals surface area contributed by atoms with Crippen molar-refractivity contribution in [2.24, 2.45) is 7.05 Å². The Morgan fingerprint density at radius 2 is 1.92 bits per heavy atom. The van der Waals surface area contributed by atoms with Crippen molar-refractivity contribution in [3.63, 3.8) is 0 Å². The Hall–Kier alpha value is -2.59. The van der Waals surface area contributed by atoms with Gasteiger partial charge in [-0.3, -0.25) is 4.98 Å². The van der Waals surface area contributed by atoms with Crippen LogP contribution in [0.2, 0.25) is 0 Å². The van der Waals surface area contributed by atoms with Crippen molar-refractivity contribution in [3.8, 4) is 5.75 Å². The van der Waals surface area contributed by atoms with Crippen LogP contribution in [-0.4, -0.2) is 41.7 Å². The van der Waals surface area contributed by atoms with E-state index >= 15 is 0 Å². The number of aryl methyl sites for hydroxylation is 2. The summed E-state index contributed by atoms with van der Waals surface area (Å²) in [5.74, 6) is 0.960. The van der Waals surface area contributed by atoms with Gasteiger partial charge in [-0.05, 0) is 56.6 Å². The molecule has 0 amide bonds. The molecular weight excluding hydrogens is 322 g/mol. The number of benzene rings is 2. The standard InChI is InChI=1S/C22H25N3O/c1-15-17-9-10-23-14-16(17)13-19-18-7-5-8-20(22(18)25(4)21(15)19)26-12-6-11-24(2)3/h5,7-10,13-14H,6,11-12H2,1-4H3. The normalized spacial score (nSPS) is 11.9. The predicted octanol–water partition coefficient (Wildman–Crippen LogP) is 4.52. The van der Waals surface area contributed by atoms with Crippen LogP contribution >= 0.6 is 0 Å². The highest BCUT2D eigenvalue weighted by Crippen LogP contribution is 2.38. The highest BCUT2D eigenvalue weighted by molar-refractivity contribution is 6.15. The lowest BCUT2D eigenvalue weighted by Crippen LogP contribution is -2.15. The molecule has 2 heterocycles. The van der Waals surface area contributed by atoms with Crippen molar-refractivity contribution >= 4 is 32.6 Å². The first-order valence-electron chi connectivity index (χ1n) is 9.10. The van der Waals surface area contributed by atoms with Gasteiger partial charge in [0.25, 0.3) is 0 Å². The topological polar surface area (TPSA) is 30.3 Å². The van der Waals surface area contributed by atoms with E-state index in [9.17, 15) is 0 Å². The first-order chi connectivity index (χ1) is 12.6. The van der Waals surface area contributed by atoms with Crippen LogP contribution in [0.5, 0.6) is 5.75 Å². The third-order valence-electron chi connectivity index (χ3n) is 5.13. The molecule has 4 rings (SSSR count). The van der Waals surface area contributed by atoms with Crippen molar-refractivity contribution in [2.75, 3.05) is 27.2 Å². The average Bonchev–Trinajstić information content (AvgIpc) is 2.92. The largest absolute Gasteiger partial charge is 0.491 e. The minimum absolute atomic E-state index is 0.726. The van der Waals surface area contributed by atoms with Gasteiger partial charge < -0.3 is 14.2 Å². The van der Waals surface area contributed by atoms with Gasteiger partial charge in [-0.25, -0.2) is 0 Å². The quantitative estimate of drug-likeness (QED) is 0.497. The second-order valence-electron chi connectivity index (χ2n) is 7.21. The fourth-order valence-electron chi connectivity index (χ4n) is 3.93. The molecule has 0 N–H and O–H groups in total. The van der Waals surface area contributed by atoms with E-state index in [1.165, 1.54) is 38.1 Å². The first-order valence-corrected chi connectivity index (χ1v) is 9.10. The molecule has 0 saturated carbocycles. The van der Waals surface area contributed by atoms with E-state index in [0.717, 1.165) is 25.3 Å². The Morgan fingerprint density at radius 1 is 1.08 bits per heavy atom. The van der Waals surface area contributed by atoms with Gasteiger partial charge in [0.15, 0.2) is 0 Å². The lowest BCUT2D eigenvalue weighted by molar-refractivity contribution is 0.283. The first kappa shape index (κ1) is 16.9. The summed E-state index contributed by atoms with van der Waals surface area (Å²) in [6.07, 6.45) is 4.83. The molecule has 26 heavy (non-hydrogen) atoms. The summed E-state index contributed by atoms with van der Waals surface area (Å²) in [6, 6.07) is 10.7. The molecule has 0 aliphatic rings. The summed E-state index contributed by atoms with van der Waals surface area (Å²) >= 11 is 0. The van der Waals surface area contributed by atoms with Crippen molar-refractivity contribution in [3.05, 3.63) is 48.3 Å². The fraction of sp³-hybridized carbons (Fsp3) is 0.318. The molecule has 0 fully saturated rings. The zero-order valence-electron chi connectivity index (χ0n) is 15.9. The van der Waals surface area contributed by atoms with Crippen LogP contribution in [0.4, 0.5) is 0 Å². The molecular formula is C22H25N3O. The predicted molar refractivity (Wildman–Crippen MR) is 109 cm³/mol. The monoisotopic (exact) mass is 347 g/mol. The van der Waals surface area contributed by atoms with Gasteiger partial charge >= 0.3 is 0 Å². The zero-order valence-corrected chi connectivity index (χ0v) is 15.9. The molecule has 0 aliphatic heterocycles. The minimum Gasteiger partial charge on any atom is -0.491 e. The van der Waals surface area contributed by atoms with Gasteiger partial charge in [0, 0.05) is 42.1 Å². The number of hydrogen-bond donors (Lipinski definition) is 0. The van der Waals surface area contributed by atoms with Gasteiger partial charge in [0.1, 0.15) is 5.75 Å². The van der Waals surface area contributed by atoms with Crippen LogP contribution in [0.3, 0.4) is 0 Å². The van der Waals surface area contributed by atoms with E-state index < -0.39 is 0 Å². The Morgan fingerprint density at radius 3 is 2.73 bits per heavy atom. The number of hydrogen-bond acceptors (Lipinski definition) is 3. The number of aromatic nitrogens is 2. The van der Waals surface area contributed by atoms with Crippen molar-refractivity contribution < 1.29 is 4.74 Å². The summed E-state index contributed by atoms with van der Waals surface area (Å²) < 4.78 is 8.44. The molecule has 0 bridgehead atoms. The van der Waals surface area contributed by atoms with Crippen molar-refractivity contribution in [1.82, 2.24) is 14.5 Å². The third-order valence-corrected chi connectivity index (χ3v) is 5.13. The van der Waals surface area contributed by atoms with E-state index in [2.05, 4.69) is 72.8 Å². The molecule has 0 unspecified atom stereocenters. The maximum absolute atomic E-state index is 6.16. The molecule has 4 nitrogen and oxygen atoms in total. The fourth-order valence-corrected chi connectivity index (χ4v) is 3.93. The van der Waals surface area contributed by atoms with E-state index in [1.54, 1.807) is 0 Å². The van der Waals surface area contributed by atoms with Crippen molar-refractivity contribution in [1.29, 1.82) is 0 Å². The summed E-state index contributed by atoms with van der Waals surface area (Å²) in [6.45, 7) is 3.95. The van der Waals surface area contributed by atoms with Crippen molar-refractivity contribution in [2.45, 2.75) is 13.3 Å². The van der Waals surface area contributed by atoms with E-state index in [1.807, 2.05) is 12.4 Å². The molecule has 4 heteroatoms. The lowest BCUT2D eigenvalue weighted by Gasteiger charge is -2.12. The lowest BCUT2D eigenvalue weighted by atomic mass is 10.0. The summed E-state index contributed by atoms with van der Waals surface area (Å²) in [5, 5.41) is 4.94. The van der Waals surface area contributed by atoms with E-state index in [-0.39, 0.29) is 0 Å². The van der Waals surface area contributed by atoms with Gasteiger partial charge in [0.05, 0.1) is 17.6 Å². The van der Waals surface area contributed by atoms with Crippen LogP contribution in [-0.2, 0) is 7.05 Å². The molecule has 0 saturated heterocycles. The molecule has 2 aromatic heterocycles. The maximum Gasteiger partial charge on any atom is 0.143 e. The number of fused-ring (bicyclic) bond motifs is 4. The molecule has 0 radical (unpaired) electrons. The van der Waals surface area contributed by atoms with E-state index in [4.69, 9.17) is 4.74 Å². The molecule has 0 aliphatic carbocycles. The summed E-state index contributed by atoms with van der Waals surface area (Å²) in [5.41, 5.74) is 3.72. The smallest absolute Gasteiger partial charge is 0.143 e. The van der Waals surface area contributed by atoms with Gasteiger partial charge in [-0.2, -0.15) is 0 Å². The SMILES string of the molecule is Cc1c2ccncc2cc2c3cccc(OCCCN(C)C)c3n(C)c12. The maximum atomic E-state index is 6.16. The molecule has 2 aromatic carbocycles. The summed E-state index contributed by atoms with van der Waals surface area (Å²) in [4.78, 5) is 6.48. The number of pyridine rings is 1.